The molecule has 2 aromatic rings. The number of aromatic nitrogens is 3. The zero-order valence-electron chi connectivity index (χ0n) is 11.8. The molecular weight excluding hydrogens is 420 g/mol. The molecule has 112 valence electrons. The molecule has 2 rings (SSSR count). The molecule has 8 heteroatoms. The molecule has 0 atom stereocenters. The van der Waals surface area contributed by atoms with E-state index in [-0.39, 0.29) is 0 Å². The lowest BCUT2D eigenvalue weighted by Crippen LogP contribution is -2.00. The third-order valence-corrected chi connectivity index (χ3v) is 4.40. The minimum atomic E-state index is 0.735. The van der Waals surface area contributed by atoms with Crippen LogP contribution in [0.5, 0.6) is 5.75 Å². The van der Waals surface area contributed by atoms with Crippen molar-refractivity contribution in [1.29, 1.82) is 0 Å². The molecule has 0 N–H and O–H groups in total. The van der Waals surface area contributed by atoms with E-state index >= 15 is 0 Å². The van der Waals surface area contributed by atoms with Gasteiger partial charge >= 0.3 is 0 Å². The average Bonchev–Trinajstić information content (AvgIpc) is 2.86. The van der Waals surface area contributed by atoms with Crippen LogP contribution in [-0.4, -0.2) is 34.5 Å². The molecule has 0 radical (unpaired) electrons. The van der Waals surface area contributed by atoms with Gasteiger partial charge in [-0.1, -0.05) is 34.6 Å². The van der Waals surface area contributed by atoms with E-state index in [0.29, 0.717) is 0 Å². The second kappa shape index (κ2) is 7.42. The minimum Gasteiger partial charge on any atom is -0.495 e. The zero-order valence-corrected chi connectivity index (χ0v) is 15.8. The van der Waals surface area contributed by atoms with Gasteiger partial charge in [-0.25, -0.2) is 0 Å². The Labute approximate surface area is 144 Å². The van der Waals surface area contributed by atoms with Gasteiger partial charge < -0.3 is 4.74 Å². The van der Waals surface area contributed by atoms with E-state index in [9.17, 15) is 0 Å². The molecule has 1 heterocycles. The van der Waals surface area contributed by atoms with Crippen LogP contribution in [0.2, 0.25) is 0 Å². The standard InChI is InChI=1S/C13H14Br2N4OS/c1-4-11-17-18-13(21-3)19(11)16-7-8-5-9(14)6-10(15)12(8)20-2/h5-7H,4H2,1-3H3/b16-7-. The summed E-state index contributed by atoms with van der Waals surface area (Å²) in [7, 11) is 1.63. The Hall–Kier alpha value is -0.860. The van der Waals surface area contributed by atoms with Gasteiger partial charge in [-0.15, -0.1) is 10.2 Å². The first-order chi connectivity index (χ1) is 10.1. The monoisotopic (exact) mass is 432 g/mol. The molecule has 0 fully saturated rings. The number of nitrogens with zero attached hydrogens (tertiary/aromatic N) is 4. The molecule has 0 unspecified atom stereocenters. The summed E-state index contributed by atoms with van der Waals surface area (Å²) >= 11 is 8.46. The van der Waals surface area contributed by atoms with Gasteiger partial charge in [0, 0.05) is 16.5 Å². The Morgan fingerprint density at radius 1 is 1.38 bits per heavy atom. The van der Waals surface area contributed by atoms with Crippen molar-refractivity contribution in [3.05, 3.63) is 32.5 Å². The van der Waals surface area contributed by atoms with Gasteiger partial charge in [-0.2, -0.15) is 9.78 Å². The first kappa shape index (κ1) is 16.5. The lowest BCUT2D eigenvalue weighted by molar-refractivity contribution is 0.411. The van der Waals surface area contributed by atoms with E-state index in [0.717, 1.165) is 37.7 Å². The number of halogens is 2. The molecule has 0 saturated carbocycles. The molecule has 1 aromatic heterocycles. The van der Waals surface area contributed by atoms with Gasteiger partial charge in [0.2, 0.25) is 5.16 Å². The van der Waals surface area contributed by atoms with Gasteiger partial charge in [-0.05, 0) is 34.3 Å². The first-order valence-electron chi connectivity index (χ1n) is 6.16. The number of ether oxygens (including phenoxy) is 1. The summed E-state index contributed by atoms with van der Waals surface area (Å²) in [6.07, 6.45) is 4.46. The molecule has 0 aliphatic rings. The van der Waals surface area contributed by atoms with Crippen LogP contribution < -0.4 is 4.74 Å². The zero-order chi connectivity index (χ0) is 15.4. The van der Waals surface area contributed by atoms with E-state index < -0.39 is 0 Å². The predicted molar refractivity (Wildman–Crippen MR) is 92.6 cm³/mol. The molecular formula is C13H14Br2N4OS. The highest BCUT2D eigenvalue weighted by molar-refractivity contribution is 9.11. The summed E-state index contributed by atoms with van der Waals surface area (Å²) in [6, 6.07) is 3.88. The van der Waals surface area contributed by atoms with Gasteiger partial charge in [0.25, 0.3) is 0 Å². The molecule has 0 saturated heterocycles. The van der Waals surface area contributed by atoms with Crippen LogP contribution in [0.25, 0.3) is 0 Å². The summed E-state index contributed by atoms with van der Waals surface area (Å²) in [4.78, 5) is 0. The Balaban J connectivity index is 2.44. The lowest BCUT2D eigenvalue weighted by Gasteiger charge is -2.08. The van der Waals surface area contributed by atoms with E-state index in [2.05, 4.69) is 47.2 Å². The van der Waals surface area contributed by atoms with E-state index in [4.69, 9.17) is 4.74 Å². The van der Waals surface area contributed by atoms with Crippen LogP contribution in [0.15, 0.2) is 31.3 Å². The first-order valence-corrected chi connectivity index (χ1v) is 8.97. The van der Waals surface area contributed by atoms with Crippen molar-refractivity contribution < 1.29 is 4.74 Å². The maximum absolute atomic E-state index is 5.41. The maximum Gasteiger partial charge on any atom is 0.211 e. The maximum atomic E-state index is 5.41. The van der Waals surface area contributed by atoms with Gasteiger partial charge in [0.15, 0.2) is 5.82 Å². The predicted octanol–water partition coefficient (Wildman–Crippen LogP) is 3.98. The topological polar surface area (TPSA) is 52.3 Å². The average molecular weight is 434 g/mol. The van der Waals surface area contributed by atoms with E-state index in [1.165, 1.54) is 11.8 Å². The Kier molecular flexibility index (Phi) is 5.83. The van der Waals surface area contributed by atoms with Crippen molar-refractivity contribution >= 4 is 49.8 Å². The number of thioether (sulfide) groups is 1. The van der Waals surface area contributed by atoms with Crippen LogP contribution in [0, 0.1) is 0 Å². The van der Waals surface area contributed by atoms with Crippen LogP contribution in [0.4, 0.5) is 0 Å². The summed E-state index contributed by atoms with van der Waals surface area (Å²) < 4.78 is 8.97. The molecule has 0 amide bonds. The van der Waals surface area contributed by atoms with Crippen molar-refractivity contribution in [2.45, 2.75) is 18.5 Å². The normalized spacial score (nSPS) is 11.3. The Morgan fingerprint density at radius 3 is 2.76 bits per heavy atom. The molecule has 21 heavy (non-hydrogen) atoms. The molecule has 5 nitrogen and oxygen atoms in total. The van der Waals surface area contributed by atoms with Crippen molar-refractivity contribution in [2.24, 2.45) is 5.10 Å². The van der Waals surface area contributed by atoms with E-state index in [1.54, 1.807) is 18.0 Å². The molecule has 1 aromatic carbocycles. The second-order valence-electron chi connectivity index (χ2n) is 4.02. The molecule has 0 bridgehead atoms. The van der Waals surface area contributed by atoms with Crippen molar-refractivity contribution in [1.82, 2.24) is 14.9 Å². The SMILES string of the molecule is CCc1nnc(SC)n1/N=C\c1cc(Br)cc(Br)c1OC. The highest BCUT2D eigenvalue weighted by Gasteiger charge is 2.10. The summed E-state index contributed by atoms with van der Waals surface area (Å²) in [6.45, 7) is 2.02. The minimum absolute atomic E-state index is 0.735. The smallest absolute Gasteiger partial charge is 0.211 e. The number of aryl methyl sites for hydroxylation is 1. The fraction of sp³-hybridized carbons (Fsp3) is 0.308. The summed E-state index contributed by atoms with van der Waals surface area (Å²) in [5.41, 5.74) is 0.863. The van der Waals surface area contributed by atoms with Crippen LogP contribution in [0.1, 0.15) is 18.3 Å². The second-order valence-corrected chi connectivity index (χ2v) is 6.57. The highest BCUT2D eigenvalue weighted by Crippen LogP contribution is 2.31. The van der Waals surface area contributed by atoms with Gasteiger partial charge in [0.1, 0.15) is 5.75 Å². The highest BCUT2D eigenvalue weighted by atomic mass is 79.9. The molecule has 0 aliphatic carbocycles. The van der Waals surface area contributed by atoms with Crippen LogP contribution in [0.3, 0.4) is 0 Å². The quantitative estimate of drug-likeness (QED) is 0.528. The van der Waals surface area contributed by atoms with Crippen LogP contribution >= 0.6 is 43.6 Å². The number of hydrogen-bond donors (Lipinski definition) is 0. The van der Waals surface area contributed by atoms with Crippen LogP contribution in [-0.2, 0) is 6.42 Å². The summed E-state index contributed by atoms with van der Waals surface area (Å²) in [5, 5.41) is 13.5. The van der Waals surface area contributed by atoms with Gasteiger partial charge in [0.05, 0.1) is 17.8 Å². The van der Waals surface area contributed by atoms with Crippen molar-refractivity contribution in [2.75, 3.05) is 13.4 Å². The number of methoxy groups -OCH3 is 1. The van der Waals surface area contributed by atoms with E-state index in [1.807, 2.05) is 25.3 Å². The third kappa shape index (κ3) is 3.67. The summed E-state index contributed by atoms with van der Waals surface area (Å²) in [5.74, 6) is 1.56. The van der Waals surface area contributed by atoms with Crippen molar-refractivity contribution in [3.63, 3.8) is 0 Å². The Morgan fingerprint density at radius 2 is 2.14 bits per heavy atom. The fourth-order valence-electron chi connectivity index (χ4n) is 1.77. The Bertz CT molecular complexity index is 651. The third-order valence-electron chi connectivity index (χ3n) is 2.73. The number of rotatable bonds is 5. The largest absolute Gasteiger partial charge is 0.495 e. The van der Waals surface area contributed by atoms with Gasteiger partial charge in [-0.3, -0.25) is 0 Å². The molecule has 0 aliphatic heterocycles. The number of hydrogen-bond acceptors (Lipinski definition) is 5. The van der Waals surface area contributed by atoms with Crippen molar-refractivity contribution in [3.8, 4) is 5.75 Å². The molecule has 0 spiro atoms. The number of benzene rings is 1. The fourth-order valence-corrected chi connectivity index (χ4v) is 3.64. The lowest BCUT2D eigenvalue weighted by atomic mass is 10.2.